The molecule has 0 bridgehead atoms. The number of aliphatic hydroxyl groups is 2. The van der Waals surface area contributed by atoms with Crippen LogP contribution in [0.15, 0.2) is 36.9 Å². The summed E-state index contributed by atoms with van der Waals surface area (Å²) >= 11 is 0. The zero-order valence-corrected chi connectivity index (χ0v) is 15.9. The fraction of sp³-hybridized carbons (Fsp3) is 0.450. The molecule has 4 N–H and O–H groups in total. The van der Waals surface area contributed by atoms with Crippen molar-refractivity contribution in [2.24, 2.45) is 5.92 Å². The second-order valence-electron chi connectivity index (χ2n) is 7.76. The molecule has 0 radical (unpaired) electrons. The van der Waals surface area contributed by atoms with Crippen LogP contribution in [0.1, 0.15) is 30.4 Å². The summed E-state index contributed by atoms with van der Waals surface area (Å²) in [5, 5.41) is 21.1. The Kier molecular flexibility index (Phi) is 4.47. The Bertz CT molecular complexity index is 1040. The molecule has 5 rings (SSSR count). The van der Waals surface area contributed by atoms with Crippen LogP contribution in [0.4, 0.5) is 5.82 Å². The van der Waals surface area contributed by atoms with Crippen molar-refractivity contribution in [2.75, 3.05) is 12.3 Å². The van der Waals surface area contributed by atoms with Gasteiger partial charge in [-0.05, 0) is 23.5 Å². The van der Waals surface area contributed by atoms with Gasteiger partial charge in [0, 0.05) is 0 Å². The number of rotatable bonds is 4. The van der Waals surface area contributed by atoms with Crippen LogP contribution in [0.25, 0.3) is 11.2 Å². The second-order valence-corrected chi connectivity index (χ2v) is 7.76. The minimum atomic E-state index is -1.15. The summed E-state index contributed by atoms with van der Waals surface area (Å²) in [5.41, 5.74) is 9.16. The van der Waals surface area contributed by atoms with Crippen LogP contribution >= 0.6 is 0 Å². The molecule has 29 heavy (non-hydrogen) atoms. The van der Waals surface area contributed by atoms with Gasteiger partial charge in [0.05, 0.1) is 19.0 Å². The van der Waals surface area contributed by atoms with Crippen LogP contribution in [0.5, 0.6) is 0 Å². The van der Waals surface area contributed by atoms with Crippen molar-refractivity contribution < 1.29 is 19.7 Å². The predicted molar refractivity (Wildman–Crippen MR) is 104 cm³/mol. The minimum Gasteiger partial charge on any atom is -0.387 e. The molecule has 1 aromatic carbocycles. The molecule has 0 spiro atoms. The first-order chi connectivity index (χ1) is 14.0. The number of nitrogens with zero attached hydrogens (tertiary/aromatic N) is 4. The fourth-order valence-electron chi connectivity index (χ4n) is 4.36. The number of aliphatic hydroxyl groups excluding tert-OH is 2. The van der Waals surface area contributed by atoms with E-state index in [0.717, 1.165) is 6.42 Å². The average molecular weight is 397 g/mol. The molecule has 1 saturated heterocycles. The summed E-state index contributed by atoms with van der Waals surface area (Å²) in [6.45, 7) is 2.32. The average Bonchev–Trinajstić information content (AvgIpc) is 3.36. The summed E-state index contributed by atoms with van der Waals surface area (Å²) in [6.07, 6.45) is -0.0451. The van der Waals surface area contributed by atoms with Gasteiger partial charge in [0.25, 0.3) is 0 Å². The van der Waals surface area contributed by atoms with Gasteiger partial charge in [-0.25, -0.2) is 15.0 Å². The molecule has 9 nitrogen and oxygen atoms in total. The molecular weight excluding hydrogens is 374 g/mol. The molecule has 0 saturated carbocycles. The van der Waals surface area contributed by atoms with Gasteiger partial charge < -0.3 is 25.4 Å². The van der Waals surface area contributed by atoms with Crippen LogP contribution in [0.3, 0.4) is 0 Å². The molecule has 6 atom stereocenters. The van der Waals surface area contributed by atoms with Gasteiger partial charge >= 0.3 is 0 Å². The van der Waals surface area contributed by atoms with Crippen LogP contribution in [-0.4, -0.2) is 54.7 Å². The molecule has 1 aliphatic heterocycles. The number of fused-ring (bicyclic) bond motifs is 2. The second kappa shape index (κ2) is 7.03. The van der Waals surface area contributed by atoms with E-state index in [9.17, 15) is 10.2 Å². The number of ether oxygens (including phenoxy) is 2. The van der Waals surface area contributed by atoms with Crippen LogP contribution < -0.4 is 5.73 Å². The van der Waals surface area contributed by atoms with Gasteiger partial charge in [-0.1, -0.05) is 31.2 Å². The highest BCUT2D eigenvalue weighted by molar-refractivity contribution is 5.81. The summed E-state index contributed by atoms with van der Waals surface area (Å²) in [5.74, 6) is 0.583. The Hall–Kier alpha value is -2.59. The lowest BCUT2D eigenvalue weighted by Crippen LogP contribution is -2.34. The van der Waals surface area contributed by atoms with E-state index >= 15 is 0 Å². The Morgan fingerprint density at radius 3 is 2.90 bits per heavy atom. The zero-order chi connectivity index (χ0) is 20.1. The number of nitrogens with two attached hydrogens (primary N) is 1. The van der Waals surface area contributed by atoms with Gasteiger partial charge in [0.2, 0.25) is 0 Å². The van der Waals surface area contributed by atoms with Gasteiger partial charge in [-0.2, -0.15) is 0 Å². The fourth-order valence-corrected chi connectivity index (χ4v) is 4.36. The minimum absolute atomic E-state index is 0.0557. The maximum absolute atomic E-state index is 10.6. The van der Waals surface area contributed by atoms with Gasteiger partial charge in [-0.3, -0.25) is 4.57 Å². The van der Waals surface area contributed by atoms with Crippen molar-refractivity contribution in [3.8, 4) is 0 Å². The van der Waals surface area contributed by atoms with E-state index < -0.39 is 24.5 Å². The van der Waals surface area contributed by atoms with Crippen LogP contribution in [0.2, 0.25) is 0 Å². The summed E-state index contributed by atoms with van der Waals surface area (Å²) in [4.78, 5) is 12.3. The lowest BCUT2D eigenvalue weighted by Gasteiger charge is -2.22. The standard InChI is InChI=1S/C20H23N5O4/c1-10-6-11-4-2-3-5-12(11)17(10)28-7-13-15(26)16(27)20(29-13)25-9-24-14-18(21)22-8-23-19(14)25/h2-5,8-10,13,15-17,20,26-27H,6-7H2,1H3,(H2,21,22,23)/t10-,13+,15+,16+,17-,20+/m0/s1. The van der Waals surface area contributed by atoms with E-state index in [-0.39, 0.29) is 18.5 Å². The first kappa shape index (κ1) is 18.4. The summed E-state index contributed by atoms with van der Waals surface area (Å²) in [7, 11) is 0. The number of benzene rings is 1. The summed E-state index contributed by atoms with van der Waals surface area (Å²) in [6, 6.07) is 8.23. The molecule has 0 amide bonds. The Morgan fingerprint density at radius 2 is 2.03 bits per heavy atom. The molecular formula is C20H23N5O4. The lowest BCUT2D eigenvalue weighted by atomic mass is 10.1. The summed E-state index contributed by atoms with van der Waals surface area (Å²) < 4.78 is 13.7. The quantitative estimate of drug-likeness (QED) is 0.594. The van der Waals surface area contributed by atoms with Crippen molar-refractivity contribution in [3.63, 3.8) is 0 Å². The third-order valence-corrected chi connectivity index (χ3v) is 5.86. The monoisotopic (exact) mass is 397 g/mol. The highest BCUT2D eigenvalue weighted by atomic mass is 16.6. The largest absolute Gasteiger partial charge is 0.387 e. The van der Waals surface area contributed by atoms with E-state index in [4.69, 9.17) is 15.2 Å². The van der Waals surface area contributed by atoms with Crippen molar-refractivity contribution in [2.45, 2.75) is 44.0 Å². The SMILES string of the molecule is C[C@H]1Cc2ccccc2[C@H]1OC[C@H]1O[C@@H](n2cnc3c(N)ncnc32)[C@H](O)[C@@H]1O. The van der Waals surface area contributed by atoms with Crippen molar-refractivity contribution in [1.82, 2.24) is 19.5 Å². The molecule has 2 aliphatic rings. The molecule has 1 fully saturated rings. The van der Waals surface area contributed by atoms with Gasteiger partial charge in [-0.15, -0.1) is 0 Å². The van der Waals surface area contributed by atoms with E-state index in [1.54, 1.807) is 4.57 Å². The normalized spacial score (nSPS) is 31.4. The molecule has 2 aromatic heterocycles. The van der Waals surface area contributed by atoms with Crippen molar-refractivity contribution in [1.29, 1.82) is 0 Å². The number of imidazole rings is 1. The van der Waals surface area contributed by atoms with Crippen LogP contribution in [0, 0.1) is 5.92 Å². The van der Waals surface area contributed by atoms with E-state index in [0.29, 0.717) is 17.1 Å². The first-order valence-electron chi connectivity index (χ1n) is 9.68. The maximum Gasteiger partial charge on any atom is 0.167 e. The third kappa shape index (κ3) is 2.98. The maximum atomic E-state index is 10.6. The Morgan fingerprint density at radius 1 is 1.21 bits per heavy atom. The first-order valence-corrected chi connectivity index (χ1v) is 9.68. The number of hydrogen-bond donors (Lipinski definition) is 3. The van der Waals surface area contributed by atoms with Gasteiger partial charge in [0.1, 0.15) is 30.2 Å². The molecule has 1 aliphatic carbocycles. The van der Waals surface area contributed by atoms with E-state index in [2.05, 4.69) is 34.0 Å². The number of anilines is 1. The molecule has 152 valence electrons. The number of hydrogen-bond acceptors (Lipinski definition) is 8. The molecule has 3 aromatic rings. The van der Waals surface area contributed by atoms with Crippen LogP contribution in [-0.2, 0) is 15.9 Å². The molecule has 0 unspecified atom stereocenters. The number of aromatic nitrogens is 4. The topological polar surface area (TPSA) is 129 Å². The highest BCUT2D eigenvalue weighted by Gasteiger charge is 2.45. The predicted octanol–water partition coefficient (Wildman–Crippen LogP) is 0.978. The Labute approximate surface area is 167 Å². The van der Waals surface area contributed by atoms with E-state index in [1.165, 1.54) is 23.8 Å². The highest BCUT2D eigenvalue weighted by Crippen LogP contribution is 2.39. The molecule has 9 heteroatoms. The zero-order valence-electron chi connectivity index (χ0n) is 15.9. The number of nitrogen functional groups attached to an aromatic ring is 1. The lowest BCUT2D eigenvalue weighted by molar-refractivity contribution is -0.0883. The van der Waals surface area contributed by atoms with E-state index in [1.807, 2.05) is 12.1 Å². The van der Waals surface area contributed by atoms with Crippen molar-refractivity contribution >= 4 is 17.0 Å². The van der Waals surface area contributed by atoms with Crippen molar-refractivity contribution in [3.05, 3.63) is 48.0 Å². The van der Waals surface area contributed by atoms with Gasteiger partial charge in [0.15, 0.2) is 17.7 Å². The third-order valence-electron chi connectivity index (χ3n) is 5.86. The molecule has 3 heterocycles. The smallest absolute Gasteiger partial charge is 0.167 e. The Balaban J connectivity index is 1.33.